The standard InChI is InChI=1S/C18H21ClN4O3S2/c1-21-11-13(19)17(20-21)15-6-4-3-5-9-23(15)28(25,26)12-7-8-14-16(10-12)27-18(24)22(14)2/h7-8,10-11,15H,3-6,9H2,1-2H3. The summed E-state index contributed by atoms with van der Waals surface area (Å²) in [7, 11) is -0.307. The second-order valence-corrected chi connectivity index (χ2v) is 10.4. The third-order valence-corrected chi connectivity index (χ3v) is 8.39. The molecule has 1 aliphatic rings. The van der Waals surface area contributed by atoms with Crippen molar-refractivity contribution in [1.29, 1.82) is 0 Å². The molecule has 0 aliphatic carbocycles. The van der Waals surface area contributed by atoms with Gasteiger partial charge in [0.2, 0.25) is 10.0 Å². The summed E-state index contributed by atoms with van der Waals surface area (Å²) in [5, 5.41) is 4.91. The number of fused-ring (bicyclic) bond motifs is 1. The smallest absolute Gasteiger partial charge is 0.302 e. The van der Waals surface area contributed by atoms with Gasteiger partial charge in [-0.25, -0.2) is 8.42 Å². The Kier molecular flexibility index (Phi) is 5.11. The van der Waals surface area contributed by atoms with E-state index in [2.05, 4.69) is 5.10 Å². The minimum absolute atomic E-state index is 0.113. The summed E-state index contributed by atoms with van der Waals surface area (Å²) in [5.41, 5.74) is 1.33. The first-order chi connectivity index (χ1) is 13.3. The molecule has 10 heteroatoms. The zero-order chi connectivity index (χ0) is 20.1. The van der Waals surface area contributed by atoms with Crippen LogP contribution in [0, 0.1) is 0 Å². The van der Waals surface area contributed by atoms with E-state index in [1.165, 1.54) is 8.87 Å². The average molecular weight is 441 g/mol. The van der Waals surface area contributed by atoms with Gasteiger partial charge in [-0.2, -0.15) is 9.40 Å². The zero-order valence-corrected chi connectivity index (χ0v) is 18.0. The van der Waals surface area contributed by atoms with Gasteiger partial charge in [-0.1, -0.05) is 35.8 Å². The molecular weight excluding hydrogens is 420 g/mol. The fourth-order valence-electron chi connectivity index (χ4n) is 3.76. The molecule has 1 atom stereocenters. The van der Waals surface area contributed by atoms with Crippen molar-refractivity contribution in [3.8, 4) is 0 Å². The highest BCUT2D eigenvalue weighted by molar-refractivity contribution is 7.89. The molecule has 3 heterocycles. The van der Waals surface area contributed by atoms with E-state index < -0.39 is 16.1 Å². The molecule has 0 amide bonds. The highest BCUT2D eigenvalue weighted by Crippen LogP contribution is 2.37. The summed E-state index contributed by atoms with van der Waals surface area (Å²) in [6.45, 7) is 0.420. The maximum Gasteiger partial charge on any atom is 0.307 e. The Balaban J connectivity index is 1.81. The Morgan fingerprint density at radius 3 is 2.71 bits per heavy atom. The second kappa shape index (κ2) is 7.29. The molecule has 0 spiro atoms. The number of nitrogens with zero attached hydrogens (tertiary/aromatic N) is 4. The van der Waals surface area contributed by atoms with Gasteiger partial charge >= 0.3 is 4.87 Å². The topological polar surface area (TPSA) is 77.2 Å². The van der Waals surface area contributed by atoms with Crippen LogP contribution in [-0.4, -0.2) is 33.6 Å². The molecule has 150 valence electrons. The number of thiazole rings is 1. The number of rotatable bonds is 3. The van der Waals surface area contributed by atoms with Crippen molar-refractivity contribution in [2.24, 2.45) is 14.1 Å². The van der Waals surface area contributed by atoms with Crippen molar-refractivity contribution >= 4 is 43.2 Å². The number of halogens is 1. The molecule has 1 fully saturated rings. The van der Waals surface area contributed by atoms with Crippen LogP contribution in [-0.2, 0) is 24.1 Å². The molecule has 1 aliphatic heterocycles. The molecule has 28 heavy (non-hydrogen) atoms. The van der Waals surface area contributed by atoms with Crippen molar-refractivity contribution in [3.63, 3.8) is 0 Å². The molecule has 7 nitrogen and oxygen atoms in total. The van der Waals surface area contributed by atoms with Crippen LogP contribution in [0.25, 0.3) is 10.2 Å². The molecule has 3 aromatic rings. The number of sulfonamides is 1. The normalized spacial score (nSPS) is 19.2. The Morgan fingerprint density at radius 2 is 2.00 bits per heavy atom. The van der Waals surface area contributed by atoms with Gasteiger partial charge in [-0.05, 0) is 31.0 Å². The first kappa shape index (κ1) is 19.6. The fourth-order valence-corrected chi connectivity index (χ4v) is 6.74. The molecule has 4 rings (SSSR count). The fraction of sp³-hybridized carbons (Fsp3) is 0.444. The predicted octanol–water partition coefficient (Wildman–Crippen LogP) is 3.29. The molecule has 0 saturated carbocycles. The summed E-state index contributed by atoms with van der Waals surface area (Å²) in [5.74, 6) is 0. The summed E-state index contributed by atoms with van der Waals surface area (Å²) in [6.07, 6.45) is 5.05. The van der Waals surface area contributed by atoms with Gasteiger partial charge in [0.25, 0.3) is 0 Å². The van der Waals surface area contributed by atoms with E-state index in [0.29, 0.717) is 28.4 Å². The van der Waals surface area contributed by atoms with Crippen LogP contribution in [0.15, 0.2) is 34.1 Å². The van der Waals surface area contributed by atoms with Gasteiger partial charge in [0.05, 0.1) is 31.9 Å². The minimum atomic E-state index is -3.76. The van der Waals surface area contributed by atoms with Crippen LogP contribution in [0.5, 0.6) is 0 Å². The van der Waals surface area contributed by atoms with Crippen LogP contribution < -0.4 is 4.87 Å². The maximum absolute atomic E-state index is 13.5. The third-order valence-electron chi connectivity index (χ3n) is 5.20. The van der Waals surface area contributed by atoms with E-state index in [0.717, 1.165) is 36.1 Å². The van der Waals surface area contributed by atoms with Gasteiger partial charge < -0.3 is 4.57 Å². The minimum Gasteiger partial charge on any atom is -0.302 e. The Morgan fingerprint density at radius 1 is 1.21 bits per heavy atom. The second-order valence-electron chi connectivity index (χ2n) is 7.07. The third kappa shape index (κ3) is 3.30. The van der Waals surface area contributed by atoms with Crippen LogP contribution in [0.2, 0.25) is 5.02 Å². The zero-order valence-electron chi connectivity index (χ0n) is 15.6. The number of hydrogen-bond donors (Lipinski definition) is 0. The maximum atomic E-state index is 13.5. The number of aromatic nitrogens is 3. The predicted molar refractivity (Wildman–Crippen MR) is 110 cm³/mol. The molecule has 0 radical (unpaired) electrons. The highest BCUT2D eigenvalue weighted by atomic mass is 35.5. The summed E-state index contributed by atoms with van der Waals surface area (Å²) < 4.78 is 32.4. The van der Waals surface area contributed by atoms with Crippen LogP contribution in [0.4, 0.5) is 0 Å². The van der Waals surface area contributed by atoms with Crippen LogP contribution in [0.1, 0.15) is 37.4 Å². The highest BCUT2D eigenvalue weighted by Gasteiger charge is 2.36. The monoisotopic (exact) mass is 440 g/mol. The van der Waals surface area contributed by atoms with Gasteiger partial charge in [0, 0.05) is 26.8 Å². The van der Waals surface area contributed by atoms with E-state index in [9.17, 15) is 13.2 Å². The van der Waals surface area contributed by atoms with Crippen molar-refractivity contribution in [2.45, 2.75) is 36.6 Å². The molecule has 2 aromatic heterocycles. The Hall–Kier alpha value is -1.68. The van der Waals surface area contributed by atoms with E-state index in [1.807, 2.05) is 0 Å². The summed E-state index contributed by atoms with van der Waals surface area (Å²) >= 11 is 7.40. The van der Waals surface area contributed by atoms with E-state index in [-0.39, 0.29) is 9.77 Å². The van der Waals surface area contributed by atoms with E-state index in [4.69, 9.17) is 11.6 Å². The molecule has 1 saturated heterocycles. The van der Waals surface area contributed by atoms with Gasteiger partial charge in [-0.3, -0.25) is 9.48 Å². The largest absolute Gasteiger partial charge is 0.307 e. The number of aryl methyl sites for hydroxylation is 2. The van der Waals surface area contributed by atoms with Crippen LogP contribution in [0.3, 0.4) is 0 Å². The van der Waals surface area contributed by atoms with Crippen LogP contribution >= 0.6 is 22.9 Å². The average Bonchev–Trinajstić information content (AvgIpc) is 3.00. The Bertz CT molecular complexity index is 1200. The quantitative estimate of drug-likeness (QED) is 0.626. The summed E-state index contributed by atoms with van der Waals surface area (Å²) in [4.78, 5) is 12.0. The molecule has 0 N–H and O–H groups in total. The molecule has 0 bridgehead atoms. The lowest BCUT2D eigenvalue weighted by Crippen LogP contribution is -2.35. The lowest BCUT2D eigenvalue weighted by Gasteiger charge is -2.28. The Labute approximate surface area is 172 Å². The lowest BCUT2D eigenvalue weighted by atomic mass is 10.1. The molecule has 1 aromatic carbocycles. The van der Waals surface area contributed by atoms with Gasteiger partial charge in [0.1, 0.15) is 0 Å². The van der Waals surface area contributed by atoms with E-state index >= 15 is 0 Å². The molecule has 1 unspecified atom stereocenters. The molecular formula is C18H21ClN4O3S2. The van der Waals surface area contributed by atoms with E-state index in [1.54, 1.807) is 43.2 Å². The first-order valence-corrected chi connectivity index (χ1v) is 11.7. The van der Waals surface area contributed by atoms with Crippen molar-refractivity contribution in [3.05, 3.63) is 44.8 Å². The number of hydrogen-bond acceptors (Lipinski definition) is 5. The van der Waals surface area contributed by atoms with Gasteiger partial charge in [-0.15, -0.1) is 0 Å². The SMILES string of the molecule is Cn1cc(Cl)c(C2CCCCCN2S(=O)(=O)c2ccc3c(c2)sc(=O)n3C)n1. The summed E-state index contributed by atoms with van der Waals surface area (Å²) in [6, 6.07) is 4.47. The lowest BCUT2D eigenvalue weighted by molar-refractivity contribution is 0.322. The van der Waals surface area contributed by atoms with Crippen molar-refractivity contribution in [2.75, 3.05) is 6.54 Å². The van der Waals surface area contributed by atoms with Crippen molar-refractivity contribution < 1.29 is 8.42 Å². The van der Waals surface area contributed by atoms with Crippen molar-refractivity contribution in [1.82, 2.24) is 18.7 Å². The first-order valence-electron chi connectivity index (χ1n) is 9.09. The van der Waals surface area contributed by atoms with Gasteiger partial charge in [0.15, 0.2) is 0 Å². The number of benzene rings is 1.